The maximum atomic E-state index is 5.18. The number of imidazole rings is 1. The van der Waals surface area contributed by atoms with E-state index in [1.54, 1.807) is 13.3 Å². The molecule has 3 rings (SSSR count). The molecule has 4 nitrogen and oxygen atoms in total. The molecule has 4 heteroatoms. The SMILES string of the molecule is COCCc1nc2cccnc2n1-c1cccc(C)c1. The summed E-state index contributed by atoms with van der Waals surface area (Å²) in [7, 11) is 1.71. The van der Waals surface area contributed by atoms with Crippen molar-refractivity contribution in [2.75, 3.05) is 13.7 Å². The zero-order chi connectivity index (χ0) is 13.9. The Labute approximate surface area is 118 Å². The van der Waals surface area contributed by atoms with E-state index in [0.717, 1.165) is 29.1 Å². The first-order valence-corrected chi connectivity index (χ1v) is 6.68. The number of ether oxygens (including phenoxy) is 1. The average molecular weight is 267 g/mol. The van der Waals surface area contributed by atoms with Crippen molar-refractivity contribution in [1.29, 1.82) is 0 Å². The summed E-state index contributed by atoms with van der Waals surface area (Å²) in [5.74, 6) is 0.978. The monoisotopic (exact) mass is 267 g/mol. The fraction of sp³-hybridized carbons (Fsp3) is 0.250. The van der Waals surface area contributed by atoms with Crippen LogP contribution < -0.4 is 0 Å². The summed E-state index contributed by atoms with van der Waals surface area (Å²) >= 11 is 0. The lowest BCUT2D eigenvalue weighted by molar-refractivity contribution is 0.200. The molecule has 0 N–H and O–H groups in total. The number of aryl methyl sites for hydroxylation is 1. The fourth-order valence-corrected chi connectivity index (χ4v) is 2.36. The van der Waals surface area contributed by atoms with Crippen molar-refractivity contribution in [2.24, 2.45) is 0 Å². The third-order valence-corrected chi connectivity index (χ3v) is 3.28. The molecule has 0 amide bonds. The molecule has 0 spiro atoms. The second-order valence-electron chi connectivity index (χ2n) is 4.79. The quantitative estimate of drug-likeness (QED) is 0.729. The first-order valence-electron chi connectivity index (χ1n) is 6.68. The molecule has 0 radical (unpaired) electrons. The van der Waals surface area contributed by atoms with Gasteiger partial charge in [-0.15, -0.1) is 0 Å². The number of pyridine rings is 1. The van der Waals surface area contributed by atoms with Crippen molar-refractivity contribution in [2.45, 2.75) is 13.3 Å². The maximum Gasteiger partial charge on any atom is 0.164 e. The van der Waals surface area contributed by atoms with Crippen LogP contribution in [0.25, 0.3) is 16.9 Å². The van der Waals surface area contributed by atoms with Gasteiger partial charge < -0.3 is 4.74 Å². The van der Waals surface area contributed by atoms with E-state index in [1.165, 1.54) is 5.56 Å². The number of nitrogens with zero attached hydrogens (tertiary/aromatic N) is 3. The molecule has 2 heterocycles. The van der Waals surface area contributed by atoms with Crippen LogP contribution in [0.3, 0.4) is 0 Å². The lowest BCUT2D eigenvalue weighted by atomic mass is 10.2. The molecule has 2 aromatic heterocycles. The molecule has 3 aromatic rings. The number of hydrogen-bond donors (Lipinski definition) is 0. The largest absolute Gasteiger partial charge is 0.384 e. The Hall–Kier alpha value is -2.20. The lowest BCUT2D eigenvalue weighted by Crippen LogP contribution is -2.05. The Balaban J connectivity index is 2.20. The summed E-state index contributed by atoms with van der Waals surface area (Å²) in [4.78, 5) is 9.15. The summed E-state index contributed by atoms with van der Waals surface area (Å²) in [5, 5.41) is 0. The summed E-state index contributed by atoms with van der Waals surface area (Å²) in [6, 6.07) is 12.3. The van der Waals surface area contributed by atoms with Gasteiger partial charge in [-0.25, -0.2) is 9.97 Å². The van der Waals surface area contributed by atoms with Crippen molar-refractivity contribution in [1.82, 2.24) is 14.5 Å². The fourth-order valence-electron chi connectivity index (χ4n) is 2.36. The summed E-state index contributed by atoms with van der Waals surface area (Å²) < 4.78 is 7.30. The number of fused-ring (bicyclic) bond motifs is 1. The zero-order valence-corrected chi connectivity index (χ0v) is 11.7. The predicted octanol–water partition coefficient (Wildman–Crippen LogP) is 2.92. The minimum absolute atomic E-state index is 0.648. The van der Waals surface area contributed by atoms with Crippen molar-refractivity contribution in [3.05, 3.63) is 54.0 Å². The van der Waals surface area contributed by atoms with Gasteiger partial charge in [0.15, 0.2) is 5.65 Å². The second kappa shape index (κ2) is 5.43. The van der Waals surface area contributed by atoms with Crippen LogP contribution in [0.5, 0.6) is 0 Å². The molecule has 0 unspecified atom stereocenters. The van der Waals surface area contributed by atoms with Gasteiger partial charge in [0.25, 0.3) is 0 Å². The predicted molar refractivity (Wildman–Crippen MR) is 79.2 cm³/mol. The minimum Gasteiger partial charge on any atom is -0.384 e. The van der Waals surface area contributed by atoms with Gasteiger partial charge in [0.05, 0.1) is 6.61 Å². The molecular formula is C16H17N3O. The van der Waals surface area contributed by atoms with Gasteiger partial charge in [0.2, 0.25) is 0 Å². The molecule has 1 aromatic carbocycles. The molecule has 102 valence electrons. The van der Waals surface area contributed by atoms with Crippen LogP contribution in [0.15, 0.2) is 42.6 Å². The molecule has 0 atom stereocenters. The van der Waals surface area contributed by atoms with Crippen molar-refractivity contribution >= 4 is 11.2 Å². The highest BCUT2D eigenvalue weighted by Crippen LogP contribution is 2.20. The van der Waals surface area contributed by atoms with Gasteiger partial charge in [-0.1, -0.05) is 12.1 Å². The number of methoxy groups -OCH3 is 1. The van der Waals surface area contributed by atoms with Gasteiger partial charge in [-0.3, -0.25) is 4.57 Å². The Morgan fingerprint density at radius 3 is 2.90 bits per heavy atom. The van der Waals surface area contributed by atoms with E-state index < -0.39 is 0 Å². The number of rotatable bonds is 4. The smallest absolute Gasteiger partial charge is 0.164 e. The van der Waals surface area contributed by atoms with Crippen LogP contribution in [0, 0.1) is 6.92 Å². The van der Waals surface area contributed by atoms with Gasteiger partial charge in [0, 0.05) is 25.4 Å². The van der Waals surface area contributed by atoms with Gasteiger partial charge >= 0.3 is 0 Å². The van der Waals surface area contributed by atoms with E-state index in [1.807, 2.05) is 12.1 Å². The maximum absolute atomic E-state index is 5.18. The Bertz CT molecular complexity index is 733. The summed E-state index contributed by atoms with van der Waals surface area (Å²) in [6.45, 7) is 2.74. The summed E-state index contributed by atoms with van der Waals surface area (Å²) in [5.41, 5.74) is 4.12. The topological polar surface area (TPSA) is 39.9 Å². The highest BCUT2D eigenvalue weighted by Gasteiger charge is 2.12. The van der Waals surface area contributed by atoms with Crippen molar-refractivity contribution in [3.8, 4) is 5.69 Å². The van der Waals surface area contributed by atoms with E-state index in [9.17, 15) is 0 Å². The molecule has 0 aliphatic heterocycles. The molecule has 0 aliphatic carbocycles. The van der Waals surface area contributed by atoms with E-state index in [0.29, 0.717) is 6.61 Å². The van der Waals surface area contributed by atoms with Crippen LogP contribution in [-0.4, -0.2) is 28.3 Å². The van der Waals surface area contributed by atoms with Gasteiger partial charge in [-0.05, 0) is 36.8 Å². The van der Waals surface area contributed by atoms with E-state index in [4.69, 9.17) is 4.74 Å². The van der Waals surface area contributed by atoms with Crippen molar-refractivity contribution < 1.29 is 4.74 Å². The molecule has 0 fully saturated rings. The standard InChI is InChI=1S/C16H17N3O/c1-12-5-3-6-13(11-12)19-15(8-10-20-2)18-14-7-4-9-17-16(14)19/h3-7,9,11H,8,10H2,1-2H3. The second-order valence-corrected chi connectivity index (χ2v) is 4.79. The first kappa shape index (κ1) is 12.8. The van der Waals surface area contributed by atoms with Crippen molar-refractivity contribution in [3.63, 3.8) is 0 Å². The Kier molecular flexibility index (Phi) is 3.48. The molecular weight excluding hydrogens is 250 g/mol. The molecule has 0 aliphatic rings. The highest BCUT2D eigenvalue weighted by atomic mass is 16.5. The Morgan fingerprint density at radius 1 is 1.20 bits per heavy atom. The van der Waals surface area contributed by atoms with Crippen LogP contribution >= 0.6 is 0 Å². The molecule has 20 heavy (non-hydrogen) atoms. The first-order chi connectivity index (χ1) is 9.79. The number of hydrogen-bond acceptors (Lipinski definition) is 3. The molecule has 0 bridgehead atoms. The highest BCUT2D eigenvalue weighted by molar-refractivity contribution is 5.73. The van der Waals surface area contributed by atoms with Crippen LogP contribution in [0.1, 0.15) is 11.4 Å². The number of benzene rings is 1. The Morgan fingerprint density at radius 2 is 2.10 bits per heavy atom. The third-order valence-electron chi connectivity index (χ3n) is 3.28. The third kappa shape index (κ3) is 2.30. The van der Waals surface area contributed by atoms with E-state index in [2.05, 4.69) is 45.7 Å². The lowest BCUT2D eigenvalue weighted by Gasteiger charge is -2.09. The van der Waals surface area contributed by atoms with E-state index >= 15 is 0 Å². The summed E-state index contributed by atoms with van der Waals surface area (Å²) in [6.07, 6.45) is 2.57. The van der Waals surface area contributed by atoms with Crippen LogP contribution in [-0.2, 0) is 11.2 Å². The zero-order valence-electron chi connectivity index (χ0n) is 11.7. The van der Waals surface area contributed by atoms with Crippen LogP contribution in [0.4, 0.5) is 0 Å². The molecule has 0 saturated heterocycles. The van der Waals surface area contributed by atoms with Crippen LogP contribution in [0.2, 0.25) is 0 Å². The van der Waals surface area contributed by atoms with E-state index in [-0.39, 0.29) is 0 Å². The minimum atomic E-state index is 0.648. The number of aromatic nitrogens is 3. The van der Waals surface area contributed by atoms with Gasteiger partial charge in [0.1, 0.15) is 11.3 Å². The normalized spacial score (nSPS) is 11.1. The molecule has 0 saturated carbocycles. The average Bonchev–Trinajstić information content (AvgIpc) is 2.83. The van der Waals surface area contributed by atoms with Gasteiger partial charge in [-0.2, -0.15) is 0 Å².